The van der Waals surface area contributed by atoms with Crippen LogP contribution in [0.3, 0.4) is 0 Å². The number of hydrogen-bond acceptors (Lipinski definition) is 2. The van der Waals surface area contributed by atoms with Crippen LogP contribution in [0.5, 0.6) is 0 Å². The van der Waals surface area contributed by atoms with Gasteiger partial charge in [-0.15, -0.1) is 0 Å². The Bertz CT molecular complexity index is 305. The summed E-state index contributed by atoms with van der Waals surface area (Å²) in [4.78, 5) is 0. The van der Waals surface area contributed by atoms with Gasteiger partial charge in [0.25, 0.3) is 0 Å². The van der Waals surface area contributed by atoms with Crippen molar-refractivity contribution in [2.75, 3.05) is 0 Å². The highest BCUT2D eigenvalue weighted by Gasteiger charge is 2.09. The molecule has 0 unspecified atom stereocenters. The Hall–Kier alpha value is -1.09. The van der Waals surface area contributed by atoms with Crippen LogP contribution in [-0.4, -0.2) is 10.4 Å². The van der Waals surface area contributed by atoms with Gasteiger partial charge in [-0.1, -0.05) is 28.9 Å². The van der Waals surface area contributed by atoms with Crippen LogP contribution in [0, 0.1) is 12.7 Å². The smallest absolute Gasteiger partial charge is 0.178 e. The fraction of sp³-hybridized carbons (Fsp3) is 0.125. The highest BCUT2D eigenvalue weighted by Crippen LogP contribution is 2.15. The van der Waals surface area contributed by atoms with Crippen molar-refractivity contribution >= 4 is 16.8 Å². The molecule has 0 spiro atoms. The van der Waals surface area contributed by atoms with E-state index in [9.17, 15) is 4.39 Å². The fourth-order valence-electron chi connectivity index (χ4n) is 0.943. The summed E-state index contributed by atoms with van der Waals surface area (Å²) in [5.74, 6) is -0.488. The Morgan fingerprint density at radius 1 is 1.58 bits per heavy atom. The highest BCUT2D eigenvalue weighted by molar-refractivity contribution is 6.69. The van der Waals surface area contributed by atoms with Gasteiger partial charge in [0.15, 0.2) is 5.17 Å². The molecule has 1 N–H and O–H groups in total. The molecule has 0 amide bonds. The van der Waals surface area contributed by atoms with E-state index < -0.39 is 5.82 Å². The van der Waals surface area contributed by atoms with E-state index in [1.54, 1.807) is 19.1 Å². The highest BCUT2D eigenvalue weighted by atomic mass is 35.5. The number of nitrogens with zero attached hydrogens (tertiary/aromatic N) is 1. The van der Waals surface area contributed by atoms with Crippen molar-refractivity contribution in [3.05, 3.63) is 35.1 Å². The van der Waals surface area contributed by atoms with E-state index in [4.69, 9.17) is 16.8 Å². The molecule has 2 nitrogen and oxygen atoms in total. The second-order valence-corrected chi connectivity index (χ2v) is 2.68. The molecule has 0 fully saturated rings. The van der Waals surface area contributed by atoms with Crippen molar-refractivity contribution in [1.82, 2.24) is 0 Å². The molecule has 0 saturated heterocycles. The van der Waals surface area contributed by atoms with Crippen LogP contribution in [0.15, 0.2) is 23.4 Å². The van der Waals surface area contributed by atoms with Crippen molar-refractivity contribution < 1.29 is 9.60 Å². The van der Waals surface area contributed by atoms with Gasteiger partial charge in [-0.25, -0.2) is 4.39 Å². The van der Waals surface area contributed by atoms with Crippen molar-refractivity contribution in [3.63, 3.8) is 0 Å². The molecule has 1 aromatic rings. The Balaban J connectivity index is 3.31. The van der Waals surface area contributed by atoms with E-state index in [2.05, 4.69) is 5.16 Å². The standard InChI is InChI=1S/C8H7ClFNO/c1-5-3-2-4-6(10)7(5)8(9)11-12/h2-4,12H,1H3. The summed E-state index contributed by atoms with van der Waals surface area (Å²) in [5.41, 5.74) is 0.777. The second kappa shape index (κ2) is 3.54. The minimum atomic E-state index is -0.488. The van der Waals surface area contributed by atoms with Gasteiger partial charge >= 0.3 is 0 Å². The summed E-state index contributed by atoms with van der Waals surface area (Å²) in [6.07, 6.45) is 0. The first kappa shape index (κ1) is 9.00. The molecule has 0 bridgehead atoms. The maximum absolute atomic E-state index is 13.0. The minimum Gasteiger partial charge on any atom is -0.410 e. The molecule has 1 aromatic carbocycles. The average Bonchev–Trinajstić information content (AvgIpc) is 2.03. The average molecular weight is 188 g/mol. The molecule has 0 aliphatic heterocycles. The molecule has 0 radical (unpaired) electrons. The largest absolute Gasteiger partial charge is 0.410 e. The normalized spacial score (nSPS) is 11.8. The van der Waals surface area contributed by atoms with Crippen LogP contribution < -0.4 is 0 Å². The summed E-state index contributed by atoms with van der Waals surface area (Å²) in [6, 6.07) is 4.51. The van der Waals surface area contributed by atoms with E-state index >= 15 is 0 Å². The van der Waals surface area contributed by atoms with Crippen LogP contribution in [0.2, 0.25) is 0 Å². The Labute approximate surface area is 74.3 Å². The number of aryl methyl sites for hydroxylation is 1. The third kappa shape index (κ3) is 1.56. The number of benzene rings is 1. The first-order chi connectivity index (χ1) is 5.66. The van der Waals surface area contributed by atoms with Gasteiger partial charge in [-0.2, -0.15) is 0 Å². The predicted molar refractivity (Wildman–Crippen MR) is 45.3 cm³/mol. The lowest BCUT2D eigenvalue weighted by Gasteiger charge is -2.02. The van der Waals surface area contributed by atoms with Crippen LogP contribution in [0.25, 0.3) is 0 Å². The first-order valence-corrected chi connectivity index (χ1v) is 3.67. The van der Waals surface area contributed by atoms with E-state index in [0.717, 1.165) is 0 Å². The molecule has 4 heteroatoms. The third-order valence-corrected chi connectivity index (χ3v) is 1.78. The van der Waals surface area contributed by atoms with Gasteiger partial charge in [0.05, 0.1) is 5.56 Å². The minimum absolute atomic E-state index is 0.140. The Morgan fingerprint density at radius 2 is 2.25 bits per heavy atom. The van der Waals surface area contributed by atoms with Crippen molar-refractivity contribution in [1.29, 1.82) is 0 Å². The monoisotopic (exact) mass is 187 g/mol. The zero-order valence-electron chi connectivity index (χ0n) is 6.38. The molecule has 0 heterocycles. The summed E-state index contributed by atoms with van der Waals surface area (Å²) in [6.45, 7) is 1.69. The molecule has 1 rings (SSSR count). The topological polar surface area (TPSA) is 32.6 Å². The molecule has 0 aromatic heterocycles. The lowest BCUT2D eigenvalue weighted by molar-refractivity contribution is 0.320. The molecule has 0 saturated carbocycles. The van der Waals surface area contributed by atoms with E-state index in [1.807, 2.05) is 0 Å². The molecule has 0 atom stereocenters. The van der Waals surface area contributed by atoms with Crippen LogP contribution in [0.4, 0.5) is 4.39 Å². The fourth-order valence-corrected chi connectivity index (χ4v) is 1.18. The Kier molecular flexibility index (Phi) is 2.65. The second-order valence-electron chi connectivity index (χ2n) is 2.32. The molecular formula is C8H7ClFNO. The van der Waals surface area contributed by atoms with Crippen molar-refractivity contribution in [2.45, 2.75) is 6.92 Å². The van der Waals surface area contributed by atoms with Gasteiger partial charge < -0.3 is 5.21 Å². The lowest BCUT2D eigenvalue weighted by atomic mass is 10.1. The summed E-state index contributed by atoms with van der Waals surface area (Å²) >= 11 is 5.46. The van der Waals surface area contributed by atoms with E-state index in [1.165, 1.54) is 6.07 Å². The number of rotatable bonds is 1. The number of hydrogen-bond donors (Lipinski definition) is 1. The van der Waals surface area contributed by atoms with E-state index in [-0.39, 0.29) is 10.7 Å². The van der Waals surface area contributed by atoms with Crippen LogP contribution in [0.1, 0.15) is 11.1 Å². The molecule has 12 heavy (non-hydrogen) atoms. The lowest BCUT2D eigenvalue weighted by Crippen LogP contribution is -1.99. The number of oxime groups is 1. The maximum atomic E-state index is 13.0. The quantitative estimate of drug-likeness (QED) is 0.409. The SMILES string of the molecule is Cc1cccc(F)c1C(Cl)=NO. The summed E-state index contributed by atoms with van der Waals surface area (Å²) < 4.78 is 13.0. The Morgan fingerprint density at radius 3 is 2.75 bits per heavy atom. The summed E-state index contributed by atoms with van der Waals surface area (Å²) in [5, 5.41) is 10.8. The van der Waals surface area contributed by atoms with Gasteiger partial charge in [0.1, 0.15) is 5.82 Å². The predicted octanol–water partition coefficient (Wildman–Crippen LogP) is 2.51. The van der Waals surface area contributed by atoms with Gasteiger partial charge in [0.2, 0.25) is 0 Å². The van der Waals surface area contributed by atoms with E-state index in [0.29, 0.717) is 5.56 Å². The molecule has 64 valence electrons. The zero-order chi connectivity index (χ0) is 9.14. The number of halogens is 2. The molecule has 0 aliphatic carbocycles. The van der Waals surface area contributed by atoms with Crippen molar-refractivity contribution in [3.8, 4) is 0 Å². The first-order valence-electron chi connectivity index (χ1n) is 3.30. The zero-order valence-corrected chi connectivity index (χ0v) is 7.14. The van der Waals surface area contributed by atoms with Crippen molar-refractivity contribution in [2.24, 2.45) is 5.16 Å². The maximum Gasteiger partial charge on any atom is 0.178 e. The molecule has 0 aliphatic rings. The van der Waals surface area contributed by atoms with Gasteiger partial charge in [0, 0.05) is 0 Å². The molecular weight excluding hydrogens is 181 g/mol. The van der Waals surface area contributed by atoms with Gasteiger partial charge in [-0.05, 0) is 18.6 Å². The van der Waals surface area contributed by atoms with Gasteiger partial charge in [-0.3, -0.25) is 0 Å². The van der Waals surface area contributed by atoms with Crippen LogP contribution >= 0.6 is 11.6 Å². The van der Waals surface area contributed by atoms with Crippen LogP contribution in [-0.2, 0) is 0 Å². The summed E-state index contributed by atoms with van der Waals surface area (Å²) in [7, 11) is 0. The third-order valence-electron chi connectivity index (χ3n) is 1.52.